The molecule has 0 unspecified atom stereocenters. The van der Waals surface area contributed by atoms with E-state index in [1.165, 1.54) is 5.01 Å². The molecular formula is C11H11N3S. The molecule has 0 saturated carbocycles. The highest BCUT2D eigenvalue weighted by Gasteiger charge is 1.96. The van der Waals surface area contributed by atoms with Crippen LogP contribution in [0.1, 0.15) is 0 Å². The second kappa shape index (κ2) is 5.88. The molecule has 1 aromatic carbocycles. The van der Waals surface area contributed by atoms with Crippen LogP contribution in [0.3, 0.4) is 0 Å². The number of nitrogens with two attached hydrogens (primary N) is 1. The third kappa shape index (κ3) is 3.48. The lowest BCUT2D eigenvalue weighted by atomic mass is 10.3. The van der Waals surface area contributed by atoms with Gasteiger partial charge in [-0.05, 0) is 42.6 Å². The van der Waals surface area contributed by atoms with Gasteiger partial charge in [-0.1, -0.05) is 12.7 Å². The molecular weight excluding hydrogens is 206 g/mol. The van der Waals surface area contributed by atoms with E-state index in [1.54, 1.807) is 18.4 Å². The van der Waals surface area contributed by atoms with Gasteiger partial charge in [0.05, 0.1) is 16.5 Å². The molecule has 2 N–H and O–H groups in total. The predicted molar refractivity (Wildman–Crippen MR) is 67.1 cm³/mol. The number of hydrogen-bond donors (Lipinski definition) is 1. The Bertz CT molecular complexity index is 402. The highest BCUT2D eigenvalue weighted by molar-refractivity contribution is 7.78. The van der Waals surface area contributed by atoms with Crippen LogP contribution in [0.2, 0.25) is 0 Å². The second-order valence-electron chi connectivity index (χ2n) is 2.70. The molecule has 0 aliphatic rings. The zero-order valence-corrected chi connectivity index (χ0v) is 8.95. The van der Waals surface area contributed by atoms with Crippen LogP contribution in [0.4, 0.5) is 11.4 Å². The lowest BCUT2D eigenvalue weighted by Crippen LogP contribution is -2.23. The van der Waals surface area contributed by atoms with Gasteiger partial charge < -0.3 is 0 Å². The predicted octanol–water partition coefficient (Wildman–Crippen LogP) is 2.80. The highest BCUT2D eigenvalue weighted by Crippen LogP contribution is 2.17. The smallest absolute Gasteiger partial charge is 0.0741 e. The number of allylic oxidation sites excluding steroid dienone is 2. The number of thiocarbonyl (C=S) groups is 1. The molecule has 0 aromatic heterocycles. The van der Waals surface area contributed by atoms with Crippen LogP contribution in [-0.2, 0) is 0 Å². The first-order valence-corrected chi connectivity index (χ1v) is 4.70. The number of hydrazine groups is 1. The van der Waals surface area contributed by atoms with Gasteiger partial charge >= 0.3 is 0 Å². The molecule has 0 amide bonds. The van der Waals surface area contributed by atoms with Gasteiger partial charge in [0.25, 0.3) is 0 Å². The Labute approximate surface area is 94.2 Å². The Hall–Kier alpha value is -1.74. The van der Waals surface area contributed by atoms with Crippen molar-refractivity contribution < 1.29 is 0 Å². The van der Waals surface area contributed by atoms with Gasteiger partial charge in [-0.25, -0.2) is 5.84 Å². The summed E-state index contributed by atoms with van der Waals surface area (Å²) < 4.78 is 0. The maximum absolute atomic E-state index is 5.74. The number of benzene rings is 1. The van der Waals surface area contributed by atoms with Crippen molar-refractivity contribution in [1.82, 2.24) is 0 Å². The minimum atomic E-state index is 0.759. The van der Waals surface area contributed by atoms with E-state index in [2.05, 4.69) is 29.0 Å². The Balaban J connectivity index is 2.83. The molecule has 76 valence electrons. The van der Waals surface area contributed by atoms with Gasteiger partial charge in [0.2, 0.25) is 0 Å². The molecule has 0 bridgehead atoms. The molecule has 0 aliphatic heterocycles. The largest absolute Gasteiger partial charge is 0.287 e. The fraction of sp³-hybridized carbons (Fsp3) is 0. The third-order valence-electron chi connectivity index (χ3n) is 1.71. The Morgan fingerprint density at radius 3 is 2.60 bits per heavy atom. The second-order valence-corrected chi connectivity index (χ2v) is 2.89. The molecule has 0 fully saturated rings. The molecule has 0 spiro atoms. The monoisotopic (exact) mass is 217 g/mol. The fourth-order valence-electron chi connectivity index (χ4n) is 0.992. The summed E-state index contributed by atoms with van der Waals surface area (Å²) in [7, 11) is 0. The summed E-state index contributed by atoms with van der Waals surface area (Å²) >= 11 is 4.50. The average molecular weight is 217 g/mol. The number of rotatable bonds is 4. The van der Waals surface area contributed by atoms with E-state index in [9.17, 15) is 0 Å². The summed E-state index contributed by atoms with van der Waals surface area (Å²) in [5, 5.41) is 3.80. The molecule has 0 heterocycles. The Morgan fingerprint density at radius 1 is 1.40 bits per heavy atom. The zero-order chi connectivity index (χ0) is 11.1. The standard InChI is InChI=1S/C11H11N3S/c1-2-3-8-14(12)11-6-4-10(5-7-11)13-9-15/h2-8H,1,12H2/b8-3-. The van der Waals surface area contributed by atoms with Gasteiger partial charge in [-0.15, -0.1) is 0 Å². The number of isothiocyanates is 1. The van der Waals surface area contributed by atoms with Gasteiger partial charge in [0.15, 0.2) is 0 Å². The van der Waals surface area contributed by atoms with Crippen LogP contribution in [0.15, 0.2) is 54.2 Å². The van der Waals surface area contributed by atoms with Crippen LogP contribution in [0, 0.1) is 0 Å². The van der Waals surface area contributed by atoms with Crippen molar-refractivity contribution in [2.24, 2.45) is 10.8 Å². The third-order valence-corrected chi connectivity index (χ3v) is 1.80. The maximum Gasteiger partial charge on any atom is 0.0741 e. The Kier molecular flexibility index (Phi) is 4.44. The van der Waals surface area contributed by atoms with Crippen molar-refractivity contribution in [3.05, 3.63) is 49.2 Å². The van der Waals surface area contributed by atoms with Crippen molar-refractivity contribution in [3.8, 4) is 0 Å². The molecule has 15 heavy (non-hydrogen) atoms. The summed E-state index contributed by atoms with van der Waals surface area (Å²) in [6.45, 7) is 3.56. The maximum atomic E-state index is 5.74. The molecule has 1 rings (SSSR count). The van der Waals surface area contributed by atoms with Crippen molar-refractivity contribution in [2.75, 3.05) is 5.01 Å². The van der Waals surface area contributed by atoms with Crippen molar-refractivity contribution in [1.29, 1.82) is 0 Å². The van der Waals surface area contributed by atoms with Crippen molar-refractivity contribution in [2.45, 2.75) is 0 Å². The zero-order valence-electron chi connectivity index (χ0n) is 8.13. The van der Waals surface area contributed by atoms with Crippen LogP contribution >= 0.6 is 12.2 Å². The highest BCUT2D eigenvalue weighted by atomic mass is 32.1. The summed E-state index contributed by atoms with van der Waals surface area (Å²) in [6, 6.07) is 7.32. The molecule has 3 nitrogen and oxygen atoms in total. The van der Waals surface area contributed by atoms with Crippen LogP contribution < -0.4 is 10.9 Å². The van der Waals surface area contributed by atoms with E-state index in [0.29, 0.717) is 0 Å². The van der Waals surface area contributed by atoms with E-state index < -0.39 is 0 Å². The number of aliphatic imine (C=N–C) groups is 1. The van der Waals surface area contributed by atoms with Gasteiger partial charge in [0, 0.05) is 6.20 Å². The lowest BCUT2D eigenvalue weighted by molar-refractivity contribution is 1.08. The summed E-state index contributed by atoms with van der Waals surface area (Å²) in [6.07, 6.45) is 5.12. The van der Waals surface area contributed by atoms with Crippen molar-refractivity contribution >= 4 is 28.8 Å². The summed E-state index contributed by atoms with van der Waals surface area (Å²) in [5.74, 6) is 5.74. The van der Waals surface area contributed by atoms with Crippen LogP contribution in [0.25, 0.3) is 0 Å². The van der Waals surface area contributed by atoms with Gasteiger partial charge in [-0.2, -0.15) is 4.99 Å². The van der Waals surface area contributed by atoms with E-state index in [4.69, 9.17) is 5.84 Å². The molecule has 0 atom stereocenters. The lowest BCUT2D eigenvalue weighted by Gasteiger charge is -2.12. The van der Waals surface area contributed by atoms with E-state index >= 15 is 0 Å². The summed E-state index contributed by atoms with van der Waals surface area (Å²) in [4.78, 5) is 3.84. The molecule has 4 heteroatoms. The first-order chi connectivity index (χ1) is 7.27. The van der Waals surface area contributed by atoms with Gasteiger partial charge in [-0.3, -0.25) is 5.01 Å². The number of anilines is 1. The Morgan fingerprint density at radius 2 is 2.07 bits per heavy atom. The number of nitrogens with zero attached hydrogens (tertiary/aromatic N) is 2. The molecule has 0 radical (unpaired) electrons. The minimum absolute atomic E-state index is 0.759. The summed E-state index contributed by atoms with van der Waals surface area (Å²) in [5.41, 5.74) is 1.62. The fourth-order valence-corrected chi connectivity index (χ4v) is 1.10. The normalized spacial score (nSPS) is 9.67. The molecule has 0 saturated heterocycles. The van der Waals surface area contributed by atoms with Crippen LogP contribution in [-0.4, -0.2) is 5.16 Å². The van der Waals surface area contributed by atoms with Crippen molar-refractivity contribution in [3.63, 3.8) is 0 Å². The number of hydrogen-bond acceptors (Lipinski definition) is 4. The van der Waals surface area contributed by atoms with E-state index in [0.717, 1.165) is 11.4 Å². The first kappa shape index (κ1) is 11.3. The molecule has 1 aromatic rings. The average Bonchev–Trinajstić information content (AvgIpc) is 2.27. The molecule has 0 aliphatic carbocycles. The van der Waals surface area contributed by atoms with Crippen LogP contribution in [0.5, 0.6) is 0 Å². The van der Waals surface area contributed by atoms with E-state index in [1.807, 2.05) is 24.3 Å². The minimum Gasteiger partial charge on any atom is -0.287 e. The SMILES string of the molecule is C=C/C=C\N(N)c1ccc(N=C=S)cc1. The van der Waals surface area contributed by atoms with E-state index in [-0.39, 0.29) is 0 Å². The topological polar surface area (TPSA) is 41.6 Å². The quantitative estimate of drug-likeness (QED) is 0.277. The first-order valence-electron chi connectivity index (χ1n) is 4.29. The van der Waals surface area contributed by atoms with Gasteiger partial charge in [0.1, 0.15) is 0 Å².